The molecule has 1 aromatic carbocycles. The fourth-order valence-corrected chi connectivity index (χ4v) is 3.37. The van der Waals surface area contributed by atoms with Crippen LogP contribution in [0.15, 0.2) is 53.6 Å². The van der Waals surface area contributed by atoms with Gasteiger partial charge in [-0.3, -0.25) is 9.59 Å². The maximum atomic E-state index is 13.0. The number of hydrogen-bond donors (Lipinski definition) is 2. The van der Waals surface area contributed by atoms with Gasteiger partial charge in [0.05, 0.1) is 10.9 Å². The van der Waals surface area contributed by atoms with Crippen molar-refractivity contribution in [2.75, 3.05) is 0 Å². The van der Waals surface area contributed by atoms with Gasteiger partial charge in [-0.2, -0.15) is 0 Å². The molecule has 1 aliphatic carbocycles. The van der Waals surface area contributed by atoms with E-state index in [9.17, 15) is 9.59 Å². The monoisotopic (exact) mass is 414 g/mol. The average Bonchev–Trinajstić information content (AvgIpc) is 3.62. The van der Waals surface area contributed by atoms with Crippen molar-refractivity contribution in [3.8, 4) is 17.5 Å². The van der Waals surface area contributed by atoms with Crippen LogP contribution in [0, 0.1) is 11.8 Å². The molecule has 0 atom stereocenters. The van der Waals surface area contributed by atoms with E-state index in [0.717, 1.165) is 36.9 Å². The van der Waals surface area contributed by atoms with E-state index in [1.807, 2.05) is 38.1 Å². The zero-order valence-corrected chi connectivity index (χ0v) is 17.8. The molecule has 0 aliphatic heterocycles. The van der Waals surface area contributed by atoms with Crippen molar-refractivity contribution in [3.63, 3.8) is 0 Å². The standard InChI is InChI=1S/C25H26N4O2/c1-3-25(26,4-2)13-12-17-7-5-8-19(15-17)29-16-21(24(31)28-18-10-11-18)22(30)20-9-6-14-27-23(20)29/h5-9,14-16,18H,3-4,10-11,26H2,1-2H3,(H,28,31). The van der Waals surface area contributed by atoms with Crippen LogP contribution in [0.3, 0.4) is 0 Å². The highest BCUT2D eigenvalue weighted by atomic mass is 16.2. The molecule has 1 aliphatic rings. The van der Waals surface area contributed by atoms with Gasteiger partial charge in [0.15, 0.2) is 0 Å². The van der Waals surface area contributed by atoms with Gasteiger partial charge < -0.3 is 15.6 Å². The predicted molar refractivity (Wildman–Crippen MR) is 122 cm³/mol. The van der Waals surface area contributed by atoms with Crippen molar-refractivity contribution in [2.45, 2.75) is 51.1 Å². The number of amides is 1. The number of aromatic nitrogens is 2. The lowest BCUT2D eigenvalue weighted by atomic mass is 9.95. The van der Waals surface area contributed by atoms with Gasteiger partial charge in [-0.15, -0.1) is 0 Å². The summed E-state index contributed by atoms with van der Waals surface area (Å²) in [5.74, 6) is 6.02. The van der Waals surface area contributed by atoms with E-state index in [2.05, 4.69) is 22.1 Å². The molecule has 2 aromatic heterocycles. The Morgan fingerprint density at radius 3 is 2.74 bits per heavy atom. The number of carbonyl (C=O) groups is 1. The minimum atomic E-state index is -0.518. The van der Waals surface area contributed by atoms with Crippen molar-refractivity contribution in [2.24, 2.45) is 5.73 Å². The van der Waals surface area contributed by atoms with Crippen LogP contribution in [0.1, 0.15) is 55.5 Å². The molecular formula is C25H26N4O2. The van der Waals surface area contributed by atoms with Crippen molar-refractivity contribution in [1.29, 1.82) is 0 Å². The van der Waals surface area contributed by atoms with Gasteiger partial charge in [-0.1, -0.05) is 31.8 Å². The van der Waals surface area contributed by atoms with E-state index in [1.54, 1.807) is 29.1 Å². The number of carbonyl (C=O) groups excluding carboxylic acids is 1. The Balaban J connectivity index is 1.83. The molecule has 2 heterocycles. The van der Waals surface area contributed by atoms with Crippen LogP contribution in [-0.2, 0) is 0 Å². The third-order valence-corrected chi connectivity index (χ3v) is 5.76. The number of nitrogens with two attached hydrogens (primary N) is 1. The van der Waals surface area contributed by atoms with E-state index < -0.39 is 5.54 Å². The van der Waals surface area contributed by atoms with Gasteiger partial charge in [0.25, 0.3) is 5.91 Å². The predicted octanol–water partition coefficient (Wildman–Crippen LogP) is 3.15. The van der Waals surface area contributed by atoms with Crippen LogP contribution in [0.5, 0.6) is 0 Å². The molecule has 0 spiro atoms. The second kappa shape index (κ2) is 8.37. The molecule has 3 N–H and O–H groups in total. The minimum absolute atomic E-state index is 0.113. The van der Waals surface area contributed by atoms with Crippen LogP contribution in [0.2, 0.25) is 0 Å². The Bertz CT molecular complexity index is 1260. The third kappa shape index (κ3) is 4.37. The van der Waals surface area contributed by atoms with E-state index in [0.29, 0.717) is 11.0 Å². The molecule has 3 aromatic rings. The van der Waals surface area contributed by atoms with Crippen molar-refractivity contribution in [3.05, 3.63) is 70.1 Å². The SMILES string of the molecule is CCC(N)(C#Cc1cccc(-n2cc(C(=O)NC3CC3)c(=O)c3cccnc32)c1)CC. The van der Waals surface area contributed by atoms with Crippen LogP contribution in [0.25, 0.3) is 16.7 Å². The number of nitrogens with zero attached hydrogens (tertiary/aromatic N) is 2. The maximum absolute atomic E-state index is 13.0. The molecule has 0 unspecified atom stereocenters. The number of benzene rings is 1. The third-order valence-electron chi connectivity index (χ3n) is 5.76. The van der Waals surface area contributed by atoms with Crippen molar-refractivity contribution < 1.29 is 4.79 Å². The molecule has 6 nitrogen and oxygen atoms in total. The lowest BCUT2D eigenvalue weighted by Gasteiger charge is -2.18. The van der Waals surface area contributed by atoms with E-state index in [4.69, 9.17) is 5.73 Å². The summed E-state index contributed by atoms with van der Waals surface area (Å²) in [5.41, 5.74) is 7.67. The fourth-order valence-electron chi connectivity index (χ4n) is 3.37. The van der Waals surface area contributed by atoms with Crippen molar-refractivity contribution >= 4 is 16.9 Å². The van der Waals surface area contributed by atoms with Gasteiger partial charge in [0, 0.05) is 29.7 Å². The molecule has 0 saturated heterocycles. The molecule has 4 rings (SSSR count). The van der Waals surface area contributed by atoms with Gasteiger partial charge in [0.1, 0.15) is 11.2 Å². The number of hydrogen-bond acceptors (Lipinski definition) is 4. The average molecular weight is 415 g/mol. The first kappa shape index (κ1) is 20.8. The smallest absolute Gasteiger partial charge is 0.257 e. The fraction of sp³-hybridized carbons (Fsp3) is 0.320. The van der Waals surface area contributed by atoms with Gasteiger partial charge in [-0.25, -0.2) is 4.98 Å². The Hall–Kier alpha value is -3.43. The number of fused-ring (bicyclic) bond motifs is 1. The second-order valence-electron chi connectivity index (χ2n) is 8.03. The Morgan fingerprint density at radius 2 is 2.03 bits per heavy atom. The van der Waals surface area contributed by atoms with Crippen LogP contribution in [0.4, 0.5) is 0 Å². The molecule has 0 radical (unpaired) electrons. The first-order chi connectivity index (χ1) is 14.9. The summed E-state index contributed by atoms with van der Waals surface area (Å²) in [5, 5.41) is 3.31. The molecule has 158 valence electrons. The molecule has 1 saturated carbocycles. The van der Waals surface area contributed by atoms with Gasteiger partial charge >= 0.3 is 0 Å². The van der Waals surface area contributed by atoms with E-state index >= 15 is 0 Å². The summed E-state index contributed by atoms with van der Waals surface area (Å²) in [7, 11) is 0. The zero-order valence-electron chi connectivity index (χ0n) is 17.8. The topological polar surface area (TPSA) is 90.0 Å². The molecular weight excluding hydrogens is 388 g/mol. The maximum Gasteiger partial charge on any atom is 0.257 e. The van der Waals surface area contributed by atoms with Crippen LogP contribution < -0.4 is 16.5 Å². The lowest BCUT2D eigenvalue weighted by molar-refractivity contribution is 0.0949. The molecule has 1 fully saturated rings. The molecule has 6 heteroatoms. The minimum Gasteiger partial charge on any atom is -0.349 e. The Kier molecular flexibility index (Phi) is 5.62. The Morgan fingerprint density at radius 1 is 1.26 bits per heavy atom. The van der Waals surface area contributed by atoms with Crippen LogP contribution in [-0.4, -0.2) is 27.0 Å². The summed E-state index contributed by atoms with van der Waals surface area (Å²) in [6, 6.07) is 11.2. The summed E-state index contributed by atoms with van der Waals surface area (Å²) in [4.78, 5) is 30.1. The largest absolute Gasteiger partial charge is 0.349 e. The van der Waals surface area contributed by atoms with Crippen molar-refractivity contribution in [1.82, 2.24) is 14.9 Å². The highest BCUT2D eigenvalue weighted by Gasteiger charge is 2.26. The normalized spacial score (nSPS) is 13.5. The van der Waals surface area contributed by atoms with Crippen LogP contribution >= 0.6 is 0 Å². The molecule has 1 amide bonds. The van der Waals surface area contributed by atoms with Gasteiger partial charge in [-0.05, 0) is 56.0 Å². The van der Waals surface area contributed by atoms with E-state index in [1.165, 1.54) is 0 Å². The highest BCUT2D eigenvalue weighted by Crippen LogP contribution is 2.21. The molecule has 0 bridgehead atoms. The Labute approximate surface area is 181 Å². The number of pyridine rings is 2. The van der Waals surface area contributed by atoms with Gasteiger partial charge in [0.2, 0.25) is 5.43 Å². The summed E-state index contributed by atoms with van der Waals surface area (Å²) in [6.45, 7) is 4.06. The first-order valence-corrected chi connectivity index (χ1v) is 10.7. The summed E-state index contributed by atoms with van der Waals surface area (Å²) >= 11 is 0. The quantitative estimate of drug-likeness (QED) is 0.628. The molecule has 31 heavy (non-hydrogen) atoms. The number of rotatable bonds is 5. The summed E-state index contributed by atoms with van der Waals surface area (Å²) in [6.07, 6.45) is 6.65. The zero-order chi connectivity index (χ0) is 22.0. The summed E-state index contributed by atoms with van der Waals surface area (Å²) < 4.78 is 1.78. The van der Waals surface area contributed by atoms with E-state index in [-0.39, 0.29) is 22.9 Å². The highest BCUT2D eigenvalue weighted by molar-refractivity contribution is 5.97. The second-order valence-corrected chi connectivity index (χ2v) is 8.03. The lowest BCUT2D eigenvalue weighted by Crippen LogP contribution is -2.36. The number of nitrogens with one attached hydrogen (secondary N) is 1. The first-order valence-electron chi connectivity index (χ1n) is 10.7.